The SMILES string of the molecule is COCC(OC1CCOCC1)C(=O)NN. The Morgan fingerprint density at radius 3 is 2.80 bits per heavy atom. The minimum Gasteiger partial charge on any atom is -0.381 e. The Morgan fingerprint density at radius 2 is 2.27 bits per heavy atom. The van der Waals surface area contributed by atoms with Gasteiger partial charge < -0.3 is 14.2 Å². The first-order valence-corrected chi connectivity index (χ1v) is 5.00. The molecule has 0 saturated carbocycles. The second-order valence-corrected chi connectivity index (χ2v) is 3.40. The first-order valence-electron chi connectivity index (χ1n) is 5.00. The summed E-state index contributed by atoms with van der Waals surface area (Å²) in [5.41, 5.74) is 2.06. The summed E-state index contributed by atoms with van der Waals surface area (Å²) < 4.78 is 15.7. The zero-order valence-electron chi connectivity index (χ0n) is 8.90. The Labute approximate surface area is 89.0 Å². The molecule has 15 heavy (non-hydrogen) atoms. The van der Waals surface area contributed by atoms with E-state index in [0.29, 0.717) is 13.2 Å². The fourth-order valence-corrected chi connectivity index (χ4v) is 1.47. The maximum atomic E-state index is 11.3. The number of carbonyl (C=O) groups is 1. The van der Waals surface area contributed by atoms with Crippen LogP contribution in [0.4, 0.5) is 0 Å². The Kier molecular flexibility index (Phi) is 5.56. The molecule has 1 unspecified atom stereocenters. The number of methoxy groups -OCH3 is 1. The van der Waals surface area contributed by atoms with Crippen LogP contribution in [0.5, 0.6) is 0 Å². The van der Waals surface area contributed by atoms with Crippen molar-refractivity contribution in [3.8, 4) is 0 Å². The van der Waals surface area contributed by atoms with Crippen molar-refractivity contribution in [1.29, 1.82) is 0 Å². The van der Waals surface area contributed by atoms with E-state index in [9.17, 15) is 4.79 Å². The van der Waals surface area contributed by atoms with Gasteiger partial charge in [-0.15, -0.1) is 0 Å². The summed E-state index contributed by atoms with van der Waals surface area (Å²) in [6, 6.07) is 0. The number of nitrogens with two attached hydrogens (primary N) is 1. The number of rotatable bonds is 5. The van der Waals surface area contributed by atoms with E-state index in [2.05, 4.69) is 5.43 Å². The molecule has 1 fully saturated rings. The highest BCUT2D eigenvalue weighted by Crippen LogP contribution is 2.13. The van der Waals surface area contributed by atoms with Crippen LogP contribution in [0.25, 0.3) is 0 Å². The first-order chi connectivity index (χ1) is 7.27. The molecule has 1 amide bonds. The van der Waals surface area contributed by atoms with Gasteiger partial charge in [0.1, 0.15) is 0 Å². The van der Waals surface area contributed by atoms with Crippen LogP contribution in [-0.2, 0) is 19.0 Å². The third-order valence-electron chi connectivity index (χ3n) is 2.28. The molecule has 1 heterocycles. The Balaban J connectivity index is 2.38. The minimum atomic E-state index is -0.636. The summed E-state index contributed by atoms with van der Waals surface area (Å²) in [5.74, 6) is 4.69. The van der Waals surface area contributed by atoms with Crippen LogP contribution in [-0.4, -0.2) is 45.0 Å². The third kappa shape index (κ3) is 4.13. The molecule has 0 aromatic heterocycles. The lowest BCUT2D eigenvalue weighted by Gasteiger charge is -2.26. The van der Waals surface area contributed by atoms with E-state index in [1.165, 1.54) is 7.11 Å². The van der Waals surface area contributed by atoms with Gasteiger partial charge in [0.2, 0.25) is 0 Å². The van der Waals surface area contributed by atoms with Crippen LogP contribution < -0.4 is 11.3 Å². The number of carbonyl (C=O) groups excluding carboxylic acids is 1. The van der Waals surface area contributed by atoms with Gasteiger partial charge in [0.05, 0.1) is 12.7 Å². The highest BCUT2D eigenvalue weighted by atomic mass is 16.5. The zero-order valence-corrected chi connectivity index (χ0v) is 8.90. The van der Waals surface area contributed by atoms with Gasteiger partial charge in [-0.2, -0.15) is 0 Å². The topological polar surface area (TPSA) is 82.8 Å². The molecule has 0 bridgehead atoms. The number of amides is 1. The summed E-state index contributed by atoms with van der Waals surface area (Å²) in [4.78, 5) is 11.3. The van der Waals surface area contributed by atoms with Crippen molar-refractivity contribution in [2.45, 2.75) is 25.0 Å². The van der Waals surface area contributed by atoms with Crippen LogP contribution >= 0.6 is 0 Å². The molecular formula is C9H18N2O4. The molecule has 3 N–H and O–H groups in total. The molecule has 1 saturated heterocycles. The lowest BCUT2D eigenvalue weighted by molar-refractivity contribution is -0.146. The van der Waals surface area contributed by atoms with Crippen molar-refractivity contribution in [1.82, 2.24) is 5.43 Å². The van der Waals surface area contributed by atoms with Crippen molar-refractivity contribution in [2.75, 3.05) is 26.9 Å². The molecule has 88 valence electrons. The average Bonchev–Trinajstić information content (AvgIpc) is 2.29. The molecule has 0 aliphatic carbocycles. The van der Waals surface area contributed by atoms with Gasteiger partial charge in [-0.05, 0) is 12.8 Å². The molecule has 0 aromatic carbocycles. The lowest BCUT2D eigenvalue weighted by atomic mass is 10.1. The van der Waals surface area contributed by atoms with E-state index in [0.717, 1.165) is 12.8 Å². The summed E-state index contributed by atoms with van der Waals surface area (Å²) in [6.45, 7) is 1.56. The van der Waals surface area contributed by atoms with Gasteiger partial charge in [0.15, 0.2) is 6.10 Å². The monoisotopic (exact) mass is 218 g/mol. The van der Waals surface area contributed by atoms with Crippen LogP contribution in [0.1, 0.15) is 12.8 Å². The molecular weight excluding hydrogens is 200 g/mol. The maximum absolute atomic E-state index is 11.3. The third-order valence-corrected chi connectivity index (χ3v) is 2.28. The lowest BCUT2D eigenvalue weighted by Crippen LogP contribution is -2.45. The molecule has 0 radical (unpaired) electrons. The molecule has 1 aliphatic rings. The highest BCUT2D eigenvalue weighted by molar-refractivity contribution is 5.80. The second-order valence-electron chi connectivity index (χ2n) is 3.40. The second kappa shape index (κ2) is 6.73. The molecule has 0 aromatic rings. The van der Waals surface area contributed by atoms with E-state index in [1.807, 2.05) is 0 Å². The maximum Gasteiger partial charge on any atom is 0.265 e. The highest BCUT2D eigenvalue weighted by Gasteiger charge is 2.24. The number of hydrogen-bond acceptors (Lipinski definition) is 5. The van der Waals surface area contributed by atoms with Crippen LogP contribution in [0.3, 0.4) is 0 Å². The van der Waals surface area contributed by atoms with Crippen molar-refractivity contribution in [3.05, 3.63) is 0 Å². The first kappa shape index (κ1) is 12.4. The number of hydrazine groups is 1. The number of ether oxygens (including phenoxy) is 3. The summed E-state index contributed by atoms with van der Waals surface area (Å²) >= 11 is 0. The van der Waals surface area contributed by atoms with E-state index >= 15 is 0 Å². The fourth-order valence-electron chi connectivity index (χ4n) is 1.47. The van der Waals surface area contributed by atoms with Crippen molar-refractivity contribution in [2.24, 2.45) is 5.84 Å². The van der Waals surface area contributed by atoms with E-state index in [-0.39, 0.29) is 18.6 Å². The average molecular weight is 218 g/mol. The predicted molar refractivity (Wildman–Crippen MR) is 52.9 cm³/mol. The summed E-state index contributed by atoms with van der Waals surface area (Å²) in [5, 5.41) is 0. The van der Waals surface area contributed by atoms with Gasteiger partial charge in [-0.3, -0.25) is 10.2 Å². The Morgan fingerprint density at radius 1 is 1.60 bits per heavy atom. The van der Waals surface area contributed by atoms with Gasteiger partial charge in [0, 0.05) is 20.3 Å². The quantitative estimate of drug-likeness (QED) is 0.358. The largest absolute Gasteiger partial charge is 0.381 e. The summed E-state index contributed by atoms with van der Waals surface area (Å²) in [7, 11) is 1.52. The van der Waals surface area contributed by atoms with Crippen LogP contribution in [0.15, 0.2) is 0 Å². The number of hydrogen-bond donors (Lipinski definition) is 2. The predicted octanol–water partition coefficient (Wildman–Crippen LogP) is -0.813. The zero-order chi connectivity index (χ0) is 11.1. The van der Waals surface area contributed by atoms with Gasteiger partial charge in [-0.25, -0.2) is 5.84 Å². The Bertz CT molecular complexity index is 195. The molecule has 1 aliphatic heterocycles. The van der Waals surface area contributed by atoms with Crippen LogP contribution in [0.2, 0.25) is 0 Å². The smallest absolute Gasteiger partial charge is 0.265 e. The number of nitrogens with one attached hydrogen (secondary N) is 1. The van der Waals surface area contributed by atoms with Crippen molar-refractivity contribution in [3.63, 3.8) is 0 Å². The molecule has 1 rings (SSSR count). The van der Waals surface area contributed by atoms with Crippen molar-refractivity contribution >= 4 is 5.91 Å². The van der Waals surface area contributed by atoms with E-state index in [1.54, 1.807) is 0 Å². The molecule has 6 heteroatoms. The molecule has 1 atom stereocenters. The van der Waals surface area contributed by atoms with Gasteiger partial charge in [0.25, 0.3) is 5.91 Å². The normalized spacial score (nSPS) is 19.9. The van der Waals surface area contributed by atoms with Gasteiger partial charge >= 0.3 is 0 Å². The molecule has 6 nitrogen and oxygen atoms in total. The van der Waals surface area contributed by atoms with Crippen LogP contribution in [0, 0.1) is 0 Å². The fraction of sp³-hybridized carbons (Fsp3) is 0.889. The standard InChI is InChI=1S/C9H18N2O4/c1-13-6-8(9(12)11-10)15-7-2-4-14-5-3-7/h7-8H,2-6,10H2,1H3,(H,11,12). The van der Waals surface area contributed by atoms with Crippen molar-refractivity contribution < 1.29 is 19.0 Å². The van der Waals surface area contributed by atoms with Gasteiger partial charge in [-0.1, -0.05) is 0 Å². The van der Waals surface area contributed by atoms with E-state index in [4.69, 9.17) is 20.1 Å². The molecule has 0 spiro atoms. The minimum absolute atomic E-state index is 0.0520. The Hall–Kier alpha value is -0.690. The van der Waals surface area contributed by atoms with E-state index < -0.39 is 6.10 Å². The summed E-state index contributed by atoms with van der Waals surface area (Å²) in [6.07, 6.45) is 1.02.